The predicted molar refractivity (Wildman–Crippen MR) is 121 cm³/mol. The summed E-state index contributed by atoms with van der Waals surface area (Å²) < 4.78 is 16.4. The number of rotatable bonds is 5. The lowest BCUT2D eigenvalue weighted by Gasteiger charge is -2.30. The van der Waals surface area contributed by atoms with Crippen molar-refractivity contribution in [3.8, 4) is 17.0 Å². The van der Waals surface area contributed by atoms with Crippen LogP contribution in [0.3, 0.4) is 0 Å². The van der Waals surface area contributed by atoms with Gasteiger partial charge < -0.3 is 24.2 Å². The minimum absolute atomic E-state index is 0.0954. The highest BCUT2D eigenvalue weighted by atomic mass is 16.5. The third kappa shape index (κ3) is 4.13. The van der Waals surface area contributed by atoms with E-state index in [1.165, 1.54) is 0 Å². The third-order valence-electron chi connectivity index (χ3n) is 6.20. The van der Waals surface area contributed by atoms with E-state index in [9.17, 15) is 5.11 Å². The van der Waals surface area contributed by atoms with Crippen LogP contribution in [0.25, 0.3) is 22.3 Å². The van der Waals surface area contributed by atoms with E-state index >= 15 is 0 Å². The van der Waals surface area contributed by atoms with Gasteiger partial charge in [-0.15, -0.1) is 0 Å². The molecule has 2 saturated heterocycles. The van der Waals surface area contributed by atoms with Crippen LogP contribution in [0.2, 0.25) is 0 Å². The normalized spacial score (nSPS) is 17.6. The van der Waals surface area contributed by atoms with Crippen molar-refractivity contribution in [2.75, 3.05) is 51.5 Å². The number of nitrogens with zero attached hydrogens (tertiary/aromatic N) is 4. The van der Waals surface area contributed by atoms with Crippen molar-refractivity contribution in [2.24, 2.45) is 0 Å². The molecule has 0 spiro atoms. The number of hydrogen-bond acceptors (Lipinski definition) is 8. The van der Waals surface area contributed by atoms with E-state index in [4.69, 9.17) is 29.2 Å². The number of hydrogen-bond donors (Lipinski definition) is 1. The van der Waals surface area contributed by atoms with Crippen molar-refractivity contribution >= 4 is 16.9 Å². The van der Waals surface area contributed by atoms with Crippen molar-refractivity contribution < 1.29 is 19.3 Å². The second-order valence-corrected chi connectivity index (χ2v) is 8.14. The second kappa shape index (κ2) is 9.36. The highest BCUT2D eigenvalue weighted by Gasteiger charge is 2.24. The number of aliphatic hydroxyl groups is 1. The van der Waals surface area contributed by atoms with Gasteiger partial charge in [0, 0.05) is 43.3 Å². The molecule has 0 saturated carbocycles. The first-order chi connectivity index (χ1) is 15.8. The van der Waals surface area contributed by atoms with Gasteiger partial charge in [0.15, 0.2) is 5.65 Å². The maximum atomic E-state index is 9.71. The van der Waals surface area contributed by atoms with Gasteiger partial charge in [0.25, 0.3) is 0 Å². The highest BCUT2D eigenvalue weighted by Crippen LogP contribution is 2.32. The van der Waals surface area contributed by atoms with Crippen LogP contribution in [0.5, 0.6) is 5.75 Å². The van der Waals surface area contributed by atoms with E-state index in [1.807, 2.05) is 24.3 Å². The summed E-state index contributed by atoms with van der Waals surface area (Å²) in [5, 5.41) is 10.7. The Morgan fingerprint density at radius 3 is 2.53 bits per heavy atom. The largest absolute Gasteiger partial charge is 0.496 e. The SMILES string of the molecule is COc1ccc(-c2ccc3c(N4CCOCC4)nc(C4CCOCC4)nc3n2)cc1CO. The molecular weight excluding hydrogens is 408 g/mol. The lowest BCUT2D eigenvalue weighted by atomic mass is 9.99. The summed E-state index contributed by atoms with van der Waals surface area (Å²) in [5.41, 5.74) is 3.14. The van der Waals surface area contributed by atoms with Crippen molar-refractivity contribution in [2.45, 2.75) is 25.4 Å². The first kappa shape index (κ1) is 21.1. The Bertz CT molecular complexity index is 1090. The monoisotopic (exact) mass is 436 g/mol. The molecule has 4 heterocycles. The molecule has 1 aromatic carbocycles. The van der Waals surface area contributed by atoms with Crippen molar-refractivity contribution in [3.05, 3.63) is 41.7 Å². The molecule has 8 heteroatoms. The van der Waals surface area contributed by atoms with Gasteiger partial charge in [-0.05, 0) is 43.2 Å². The van der Waals surface area contributed by atoms with Crippen LogP contribution >= 0.6 is 0 Å². The zero-order valence-electron chi connectivity index (χ0n) is 18.3. The average molecular weight is 437 g/mol. The van der Waals surface area contributed by atoms with Crippen LogP contribution in [-0.2, 0) is 16.1 Å². The number of benzene rings is 1. The average Bonchev–Trinajstić information content (AvgIpc) is 2.88. The Morgan fingerprint density at radius 1 is 1.00 bits per heavy atom. The summed E-state index contributed by atoms with van der Waals surface area (Å²) in [5.74, 6) is 2.72. The molecule has 2 aliphatic rings. The van der Waals surface area contributed by atoms with E-state index in [1.54, 1.807) is 7.11 Å². The molecule has 0 unspecified atom stereocenters. The molecule has 2 aromatic heterocycles. The smallest absolute Gasteiger partial charge is 0.165 e. The molecule has 0 amide bonds. The van der Waals surface area contributed by atoms with Crippen molar-refractivity contribution in [1.82, 2.24) is 15.0 Å². The first-order valence-corrected chi connectivity index (χ1v) is 11.1. The van der Waals surface area contributed by atoms with Crippen LogP contribution in [-0.4, -0.2) is 66.7 Å². The van der Waals surface area contributed by atoms with E-state index in [-0.39, 0.29) is 12.5 Å². The quantitative estimate of drug-likeness (QED) is 0.653. The van der Waals surface area contributed by atoms with Crippen LogP contribution < -0.4 is 9.64 Å². The molecule has 32 heavy (non-hydrogen) atoms. The number of pyridine rings is 1. The fraction of sp³-hybridized carbons (Fsp3) is 0.458. The molecule has 2 aliphatic heterocycles. The molecule has 2 fully saturated rings. The van der Waals surface area contributed by atoms with Crippen LogP contribution in [0.4, 0.5) is 5.82 Å². The minimum Gasteiger partial charge on any atom is -0.496 e. The van der Waals surface area contributed by atoms with Crippen LogP contribution in [0.15, 0.2) is 30.3 Å². The van der Waals surface area contributed by atoms with Gasteiger partial charge in [-0.1, -0.05) is 0 Å². The molecule has 0 atom stereocenters. The van der Waals surface area contributed by atoms with Gasteiger partial charge in [-0.2, -0.15) is 0 Å². The van der Waals surface area contributed by atoms with Crippen LogP contribution in [0.1, 0.15) is 30.1 Å². The van der Waals surface area contributed by atoms with E-state index in [0.717, 1.165) is 73.0 Å². The van der Waals surface area contributed by atoms with E-state index in [0.29, 0.717) is 24.6 Å². The number of fused-ring (bicyclic) bond motifs is 1. The summed E-state index contributed by atoms with van der Waals surface area (Å²) in [6.07, 6.45) is 1.85. The van der Waals surface area contributed by atoms with Crippen LogP contribution in [0, 0.1) is 0 Å². The van der Waals surface area contributed by atoms with Gasteiger partial charge in [-0.25, -0.2) is 15.0 Å². The number of aliphatic hydroxyl groups excluding tert-OH is 1. The molecule has 5 rings (SSSR count). The zero-order chi connectivity index (χ0) is 21.9. The Balaban J connectivity index is 1.60. The van der Waals surface area contributed by atoms with Gasteiger partial charge in [-0.3, -0.25) is 0 Å². The molecule has 3 aromatic rings. The summed E-state index contributed by atoms with van der Waals surface area (Å²) in [6.45, 7) is 4.38. The molecule has 168 valence electrons. The Kier molecular flexibility index (Phi) is 6.16. The highest BCUT2D eigenvalue weighted by molar-refractivity contribution is 5.89. The lowest BCUT2D eigenvalue weighted by molar-refractivity contribution is 0.0836. The molecule has 0 aliphatic carbocycles. The number of morpholine rings is 1. The van der Waals surface area contributed by atoms with Gasteiger partial charge in [0.2, 0.25) is 0 Å². The second-order valence-electron chi connectivity index (χ2n) is 8.14. The third-order valence-corrected chi connectivity index (χ3v) is 6.20. The van der Waals surface area contributed by atoms with Gasteiger partial charge in [0.05, 0.1) is 38.0 Å². The number of ether oxygens (including phenoxy) is 3. The summed E-state index contributed by atoms with van der Waals surface area (Å²) in [6, 6.07) is 9.78. The van der Waals surface area contributed by atoms with Gasteiger partial charge >= 0.3 is 0 Å². The maximum absolute atomic E-state index is 9.71. The van der Waals surface area contributed by atoms with E-state index in [2.05, 4.69) is 11.0 Å². The molecule has 8 nitrogen and oxygen atoms in total. The summed E-state index contributed by atoms with van der Waals surface area (Å²) in [4.78, 5) is 17.1. The standard InChI is InChI=1S/C24H28N4O4/c1-30-21-5-2-17(14-18(21)15-29)20-4-3-19-23(25-20)26-22(16-6-10-31-11-7-16)27-24(19)28-8-12-32-13-9-28/h2-5,14,16,29H,6-13,15H2,1H3. The molecule has 0 radical (unpaired) electrons. The zero-order valence-corrected chi connectivity index (χ0v) is 18.3. The minimum atomic E-state index is -0.0954. The first-order valence-electron chi connectivity index (χ1n) is 11.1. The van der Waals surface area contributed by atoms with E-state index < -0.39 is 0 Å². The molecule has 1 N–H and O–H groups in total. The topological polar surface area (TPSA) is 89.8 Å². The Hall–Kier alpha value is -2.81. The molecule has 0 bridgehead atoms. The summed E-state index contributed by atoms with van der Waals surface area (Å²) >= 11 is 0. The molecular formula is C24H28N4O4. The Morgan fingerprint density at radius 2 is 1.78 bits per heavy atom. The number of methoxy groups -OCH3 is 1. The Labute approximate surface area is 187 Å². The van der Waals surface area contributed by atoms with Crippen molar-refractivity contribution in [3.63, 3.8) is 0 Å². The fourth-order valence-electron chi connectivity index (χ4n) is 4.39. The van der Waals surface area contributed by atoms with Crippen molar-refractivity contribution in [1.29, 1.82) is 0 Å². The summed E-state index contributed by atoms with van der Waals surface area (Å²) in [7, 11) is 1.60. The maximum Gasteiger partial charge on any atom is 0.165 e. The fourth-order valence-corrected chi connectivity index (χ4v) is 4.39. The lowest BCUT2D eigenvalue weighted by Crippen LogP contribution is -2.37. The number of anilines is 1. The predicted octanol–water partition coefficient (Wildman–Crippen LogP) is 2.92. The number of aromatic nitrogens is 3. The van der Waals surface area contributed by atoms with Gasteiger partial charge in [0.1, 0.15) is 17.4 Å².